The largest absolute Gasteiger partial charge is 0.419 e. The monoisotopic (exact) mass is 248 g/mol. The van der Waals surface area contributed by atoms with Gasteiger partial charge in [-0.05, 0) is 6.07 Å². The predicted molar refractivity (Wildman–Crippen MR) is 54.0 cm³/mol. The molecule has 0 saturated heterocycles. The SMILES string of the molecule is N=C(N)N/N=C/c1cccc(C(F)(F)F)c1F. The number of hydrogen-bond donors (Lipinski definition) is 3. The maximum atomic E-state index is 13.4. The Hall–Kier alpha value is -2.12. The Bertz CT molecular complexity index is 453. The van der Waals surface area contributed by atoms with Crippen LogP contribution in [0, 0.1) is 11.2 Å². The lowest BCUT2D eigenvalue weighted by Crippen LogP contribution is -2.25. The summed E-state index contributed by atoms with van der Waals surface area (Å²) in [5, 5.41) is 10.0. The molecule has 0 unspecified atom stereocenters. The molecule has 0 saturated carbocycles. The van der Waals surface area contributed by atoms with Crippen molar-refractivity contribution in [2.24, 2.45) is 10.8 Å². The summed E-state index contributed by atoms with van der Waals surface area (Å²) in [5.74, 6) is -1.93. The van der Waals surface area contributed by atoms with Gasteiger partial charge >= 0.3 is 6.18 Å². The van der Waals surface area contributed by atoms with Crippen LogP contribution in [0.25, 0.3) is 0 Å². The number of nitrogens with one attached hydrogen (secondary N) is 2. The van der Waals surface area contributed by atoms with Crippen LogP contribution in [-0.2, 0) is 6.18 Å². The van der Waals surface area contributed by atoms with Crippen LogP contribution in [0.15, 0.2) is 23.3 Å². The van der Waals surface area contributed by atoms with E-state index in [0.29, 0.717) is 6.07 Å². The van der Waals surface area contributed by atoms with Gasteiger partial charge in [0.1, 0.15) is 5.82 Å². The molecule has 0 aliphatic rings. The van der Waals surface area contributed by atoms with Crippen LogP contribution in [-0.4, -0.2) is 12.2 Å². The van der Waals surface area contributed by atoms with E-state index in [-0.39, 0.29) is 5.56 Å². The molecule has 0 bridgehead atoms. The third kappa shape index (κ3) is 3.44. The molecule has 4 N–H and O–H groups in total. The van der Waals surface area contributed by atoms with Gasteiger partial charge in [-0.25, -0.2) is 9.82 Å². The van der Waals surface area contributed by atoms with Crippen molar-refractivity contribution in [3.05, 3.63) is 35.1 Å². The second-order valence-corrected chi connectivity index (χ2v) is 2.99. The predicted octanol–water partition coefficient (Wildman–Crippen LogP) is 1.66. The Balaban J connectivity index is 3.03. The number of rotatable bonds is 2. The minimum atomic E-state index is -4.76. The molecule has 0 aliphatic heterocycles. The number of guanidine groups is 1. The Morgan fingerprint density at radius 2 is 2.06 bits per heavy atom. The van der Waals surface area contributed by atoms with Gasteiger partial charge < -0.3 is 5.73 Å². The summed E-state index contributed by atoms with van der Waals surface area (Å²) in [5.41, 5.74) is 5.12. The van der Waals surface area contributed by atoms with Crippen LogP contribution >= 0.6 is 0 Å². The van der Waals surface area contributed by atoms with Crippen molar-refractivity contribution in [1.82, 2.24) is 5.43 Å². The summed E-state index contributed by atoms with van der Waals surface area (Å²) >= 11 is 0. The fourth-order valence-corrected chi connectivity index (χ4v) is 1.04. The van der Waals surface area contributed by atoms with Crippen molar-refractivity contribution in [2.45, 2.75) is 6.18 Å². The molecule has 4 nitrogen and oxygen atoms in total. The highest BCUT2D eigenvalue weighted by Crippen LogP contribution is 2.31. The molecular weight excluding hydrogens is 240 g/mol. The first-order chi connectivity index (χ1) is 7.82. The van der Waals surface area contributed by atoms with E-state index in [1.165, 1.54) is 0 Å². The number of alkyl halides is 3. The van der Waals surface area contributed by atoms with E-state index >= 15 is 0 Å². The maximum Gasteiger partial charge on any atom is 0.419 e. The summed E-state index contributed by atoms with van der Waals surface area (Å²) < 4.78 is 50.3. The van der Waals surface area contributed by atoms with E-state index in [9.17, 15) is 17.6 Å². The molecule has 0 amide bonds. The van der Waals surface area contributed by atoms with E-state index in [0.717, 1.165) is 18.3 Å². The van der Waals surface area contributed by atoms with Gasteiger partial charge in [0.05, 0.1) is 11.8 Å². The van der Waals surface area contributed by atoms with Gasteiger partial charge in [-0.15, -0.1) is 0 Å². The highest BCUT2D eigenvalue weighted by molar-refractivity contribution is 5.82. The highest BCUT2D eigenvalue weighted by Gasteiger charge is 2.34. The molecule has 0 heterocycles. The molecule has 0 fully saturated rings. The number of benzene rings is 1. The summed E-state index contributed by atoms with van der Waals surface area (Å²) in [7, 11) is 0. The van der Waals surface area contributed by atoms with Crippen molar-refractivity contribution in [3.8, 4) is 0 Å². The van der Waals surface area contributed by atoms with Crippen molar-refractivity contribution in [2.75, 3.05) is 0 Å². The molecular formula is C9H8F4N4. The summed E-state index contributed by atoms with van der Waals surface area (Å²) in [6.45, 7) is 0. The lowest BCUT2D eigenvalue weighted by Gasteiger charge is -2.08. The number of hydrogen-bond acceptors (Lipinski definition) is 2. The fraction of sp³-hybridized carbons (Fsp3) is 0.111. The van der Waals surface area contributed by atoms with E-state index in [2.05, 4.69) is 5.10 Å². The Morgan fingerprint density at radius 3 is 2.59 bits per heavy atom. The number of hydrazone groups is 1. The minimum absolute atomic E-state index is 0.353. The quantitative estimate of drug-likeness (QED) is 0.322. The van der Waals surface area contributed by atoms with E-state index < -0.39 is 23.5 Å². The number of nitrogens with two attached hydrogens (primary N) is 1. The normalized spacial score (nSPS) is 11.8. The van der Waals surface area contributed by atoms with Crippen molar-refractivity contribution in [1.29, 1.82) is 5.41 Å². The molecule has 1 aromatic carbocycles. The fourth-order valence-electron chi connectivity index (χ4n) is 1.04. The third-order valence-corrected chi connectivity index (χ3v) is 1.72. The lowest BCUT2D eigenvalue weighted by molar-refractivity contribution is -0.140. The molecule has 0 spiro atoms. The molecule has 1 aromatic rings. The minimum Gasteiger partial charge on any atom is -0.369 e. The Kier molecular flexibility index (Phi) is 3.66. The Morgan fingerprint density at radius 1 is 1.41 bits per heavy atom. The standard InChI is InChI=1S/C9H8F4N4/c10-7-5(4-16-17-8(14)15)2-1-3-6(7)9(11,12)13/h1-4H,(H4,14,15,17)/b16-4+. The van der Waals surface area contributed by atoms with Gasteiger partial charge in [0.15, 0.2) is 0 Å². The third-order valence-electron chi connectivity index (χ3n) is 1.72. The van der Waals surface area contributed by atoms with E-state index in [1.807, 2.05) is 5.43 Å². The average Bonchev–Trinajstić information content (AvgIpc) is 2.18. The molecule has 92 valence electrons. The molecule has 0 aliphatic carbocycles. The van der Waals surface area contributed by atoms with Crippen LogP contribution in [0.1, 0.15) is 11.1 Å². The van der Waals surface area contributed by atoms with Crippen LogP contribution in [0.5, 0.6) is 0 Å². The number of halogens is 4. The zero-order valence-corrected chi connectivity index (χ0v) is 8.35. The first kappa shape index (κ1) is 12.9. The molecule has 1 rings (SSSR count). The van der Waals surface area contributed by atoms with Crippen molar-refractivity contribution < 1.29 is 17.6 Å². The van der Waals surface area contributed by atoms with Crippen molar-refractivity contribution >= 4 is 12.2 Å². The van der Waals surface area contributed by atoms with Crippen LogP contribution in [0.4, 0.5) is 17.6 Å². The van der Waals surface area contributed by atoms with Gasteiger partial charge in [-0.3, -0.25) is 5.41 Å². The lowest BCUT2D eigenvalue weighted by atomic mass is 10.1. The molecule has 8 heteroatoms. The first-order valence-corrected chi connectivity index (χ1v) is 4.31. The molecule has 0 atom stereocenters. The van der Waals surface area contributed by atoms with Crippen LogP contribution in [0.2, 0.25) is 0 Å². The summed E-state index contributed by atoms with van der Waals surface area (Å²) in [6, 6.07) is 2.81. The average molecular weight is 248 g/mol. The van der Waals surface area contributed by atoms with Gasteiger partial charge in [-0.2, -0.15) is 18.3 Å². The van der Waals surface area contributed by atoms with Gasteiger partial charge in [0, 0.05) is 5.56 Å². The Labute approximate surface area is 93.6 Å². The van der Waals surface area contributed by atoms with Crippen LogP contribution < -0.4 is 11.2 Å². The molecule has 17 heavy (non-hydrogen) atoms. The first-order valence-electron chi connectivity index (χ1n) is 4.31. The smallest absolute Gasteiger partial charge is 0.369 e. The molecule has 0 aromatic heterocycles. The van der Waals surface area contributed by atoms with E-state index in [4.69, 9.17) is 11.1 Å². The second-order valence-electron chi connectivity index (χ2n) is 2.99. The van der Waals surface area contributed by atoms with Gasteiger partial charge in [0.2, 0.25) is 5.96 Å². The van der Waals surface area contributed by atoms with Gasteiger partial charge in [-0.1, -0.05) is 12.1 Å². The van der Waals surface area contributed by atoms with Gasteiger partial charge in [0.25, 0.3) is 0 Å². The van der Waals surface area contributed by atoms with Crippen molar-refractivity contribution in [3.63, 3.8) is 0 Å². The zero-order valence-electron chi connectivity index (χ0n) is 8.35. The summed E-state index contributed by atoms with van der Waals surface area (Å²) in [4.78, 5) is 0. The van der Waals surface area contributed by atoms with Crippen LogP contribution in [0.3, 0.4) is 0 Å². The maximum absolute atomic E-state index is 13.4. The zero-order chi connectivity index (χ0) is 13.1. The van der Waals surface area contributed by atoms with E-state index in [1.54, 1.807) is 0 Å². The second kappa shape index (κ2) is 4.81. The number of nitrogens with zero attached hydrogens (tertiary/aromatic N) is 1. The molecule has 0 radical (unpaired) electrons. The summed E-state index contributed by atoms with van der Waals surface area (Å²) in [6.07, 6.45) is -3.95. The topological polar surface area (TPSA) is 74.3 Å². The highest BCUT2D eigenvalue weighted by atomic mass is 19.4.